The van der Waals surface area contributed by atoms with Gasteiger partial charge in [0.2, 0.25) is 11.8 Å². The van der Waals surface area contributed by atoms with Crippen molar-refractivity contribution < 1.29 is 95.5 Å². The summed E-state index contributed by atoms with van der Waals surface area (Å²) in [5.41, 5.74) is 4.53. The lowest BCUT2D eigenvalue weighted by Gasteiger charge is -2.30. The van der Waals surface area contributed by atoms with Gasteiger partial charge < -0.3 is 61.1 Å². The minimum atomic E-state index is -5.61. The van der Waals surface area contributed by atoms with Crippen LogP contribution in [0.25, 0.3) is 11.2 Å². The quantitative estimate of drug-likeness (QED) is 0.0398. The van der Waals surface area contributed by atoms with E-state index in [9.17, 15) is 72.9 Å². The number of aliphatic hydroxyl groups is 3. The van der Waals surface area contributed by atoms with Crippen molar-refractivity contribution in [3.05, 3.63) is 48.5 Å². The lowest BCUT2D eigenvalue weighted by atomic mass is 9.87. The maximum Gasteiger partial charge on any atom is 0.481 e. The Bertz CT molecular complexity index is 2230. The topological polar surface area (TPSA) is 421 Å². The molecule has 9 atom stereocenters. The van der Waals surface area contributed by atoms with Crippen molar-refractivity contribution in [2.75, 3.05) is 37.8 Å². The first-order valence-corrected chi connectivity index (χ1v) is 23.8. The second kappa shape index (κ2) is 21.9. The van der Waals surface area contributed by atoms with Crippen molar-refractivity contribution in [3.63, 3.8) is 0 Å². The van der Waals surface area contributed by atoms with Crippen LogP contribution < -0.4 is 16.4 Å². The lowest BCUT2D eigenvalue weighted by molar-refractivity contribution is -0.141. The number of nitrogens with zero attached hydrogens (tertiary/aromatic N) is 4. The largest absolute Gasteiger partial charge is 0.481 e. The Balaban J connectivity index is 1.21. The molecule has 1 fully saturated rings. The minimum Gasteiger partial charge on any atom is -0.481 e. The predicted molar refractivity (Wildman–Crippen MR) is 214 cm³/mol. The second-order valence-electron chi connectivity index (χ2n) is 14.3. The number of anilines is 1. The third-order valence-electron chi connectivity index (χ3n) is 8.97. The lowest BCUT2D eigenvalue weighted by Crippen LogP contribution is -2.46. The molecule has 1 aromatic carbocycles. The molecule has 0 aliphatic carbocycles. The van der Waals surface area contributed by atoms with Crippen LogP contribution in [0.1, 0.15) is 44.6 Å². The Hall–Kier alpha value is -3.79. The number of carboxylic acids is 1. The first-order chi connectivity index (χ1) is 29.3. The number of nitrogen functional groups attached to an aromatic ring is 1. The van der Waals surface area contributed by atoms with Crippen LogP contribution in [0.5, 0.6) is 0 Å². The SMILES string of the molecule is CC(C)(COP(=O)(O)OP(=O)(O)OC[C@H]1O[C@@H](n2cnc3c(N)ncnc32)[C@H](O)[C@@H]1OP(=O)(O)O)C(O)C(=O)NCCC(=O)NCCSC(=O)[C@H](CC(=O)O)[C@@H](O)c1ccccc1. The summed E-state index contributed by atoms with van der Waals surface area (Å²) in [6.45, 7) is -0.0131. The molecule has 0 radical (unpaired) electrons. The molecule has 1 saturated heterocycles. The van der Waals surface area contributed by atoms with E-state index in [4.69, 9.17) is 19.5 Å². The molecule has 3 heterocycles. The van der Waals surface area contributed by atoms with Crippen LogP contribution in [-0.4, -0.2) is 139 Å². The molecular weight excluding hydrogens is 927 g/mol. The number of aliphatic hydroxyl groups excluding tert-OH is 3. The number of benzene rings is 1. The number of nitrogens with one attached hydrogen (secondary N) is 2. The highest BCUT2D eigenvalue weighted by Crippen LogP contribution is 2.61. The van der Waals surface area contributed by atoms with Crippen molar-refractivity contribution in [1.82, 2.24) is 30.2 Å². The summed E-state index contributed by atoms with van der Waals surface area (Å²) < 4.78 is 62.2. The van der Waals surface area contributed by atoms with Gasteiger partial charge in [-0.2, -0.15) is 4.31 Å². The molecule has 31 heteroatoms. The summed E-state index contributed by atoms with van der Waals surface area (Å²) in [7, 11) is -16.5. The summed E-state index contributed by atoms with van der Waals surface area (Å²) in [6.07, 6.45) is -9.23. The number of fused-ring (bicyclic) bond motifs is 1. The number of amides is 2. The Morgan fingerprint density at radius 3 is 2.30 bits per heavy atom. The number of rotatable bonds is 24. The van der Waals surface area contributed by atoms with Gasteiger partial charge in [-0.25, -0.2) is 28.6 Å². The fourth-order valence-corrected chi connectivity index (χ4v) is 9.44. The highest BCUT2D eigenvalue weighted by molar-refractivity contribution is 8.13. The summed E-state index contributed by atoms with van der Waals surface area (Å²) in [4.78, 5) is 100. The summed E-state index contributed by atoms with van der Waals surface area (Å²) in [5.74, 6) is -4.18. The van der Waals surface area contributed by atoms with Crippen LogP contribution in [0.15, 0.2) is 43.0 Å². The van der Waals surface area contributed by atoms with E-state index in [1.807, 2.05) is 0 Å². The van der Waals surface area contributed by atoms with Crippen molar-refractivity contribution in [2.24, 2.45) is 11.3 Å². The molecule has 12 N–H and O–H groups in total. The molecule has 2 amide bonds. The van der Waals surface area contributed by atoms with Gasteiger partial charge in [0.1, 0.15) is 36.3 Å². The Morgan fingerprint density at radius 2 is 1.65 bits per heavy atom. The van der Waals surface area contributed by atoms with Gasteiger partial charge in [-0.1, -0.05) is 55.9 Å². The van der Waals surface area contributed by atoms with Crippen LogP contribution in [0.4, 0.5) is 5.82 Å². The van der Waals surface area contributed by atoms with Crippen molar-refractivity contribution in [1.29, 1.82) is 0 Å². The third-order valence-corrected chi connectivity index (χ3v) is 13.1. The van der Waals surface area contributed by atoms with Crippen LogP contribution in [0.2, 0.25) is 0 Å². The molecule has 3 aromatic rings. The molecule has 0 bridgehead atoms. The number of phosphoric ester groups is 3. The summed E-state index contributed by atoms with van der Waals surface area (Å²) in [5, 5.41) is 45.6. The van der Waals surface area contributed by atoms with Crippen LogP contribution in [0, 0.1) is 11.3 Å². The minimum absolute atomic E-state index is 0.0125. The monoisotopic (exact) mass is 973 g/mol. The smallest absolute Gasteiger partial charge is 0.481 e. The van der Waals surface area contributed by atoms with Gasteiger partial charge in [0.05, 0.1) is 38.0 Å². The number of carbonyl (C=O) groups is 4. The highest BCUT2D eigenvalue weighted by atomic mass is 32.2. The van der Waals surface area contributed by atoms with Gasteiger partial charge in [0.15, 0.2) is 22.8 Å². The number of thioether (sulfide) groups is 1. The molecule has 1 aliphatic rings. The maximum atomic E-state index is 12.7. The molecule has 350 valence electrons. The standard InChI is InChI=1S/C32H46N7O20P3S/c1-32(2,26(45)29(46)35-9-8-20(40)34-10-11-63-31(47)18(12-21(41)42)23(43)17-6-4-3-5-7-17)14-56-62(53,54)59-61(51,52)55-13-19-25(58-60(48,49)50)24(44)30(57-19)39-16-38-22-27(33)36-15-37-28(22)39/h3-7,15-16,18-19,23-26,30,43-45H,8-14H2,1-2H3,(H,34,40)(H,35,46)(H,41,42)(H,51,52)(H,53,54)(H2,33,36,37)(H2,48,49,50)/t18-,19-,23+,24-,25-,26?,30-/m1/s1. The van der Waals surface area contributed by atoms with E-state index in [0.717, 1.165) is 29.0 Å². The van der Waals surface area contributed by atoms with Gasteiger partial charge >= 0.3 is 29.4 Å². The number of hydrogen-bond donors (Lipinski definition) is 11. The molecule has 27 nitrogen and oxygen atoms in total. The second-order valence-corrected chi connectivity index (χ2v) is 19.6. The molecule has 0 saturated carbocycles. The van der Waals surface area contributed by atoms with E-state index in [2.05, 4.69) is 34.4 Å². The number of hydrogen-bond acceptors (Lipinski definition) is 20. The van der Waals surface area contributed by atoms with Gasteiger partial charge in [-0.3, -0.25) is 37.3 Å². The number of ether oxygens (including phenoxy) is 1. The number of nitrogens with two attached hydrogens (primary N) is 1. The first kappa shape index (κ1) is 51.8. The maximum absolute atomic E-state index is 12.7. The van der Waals surface area contributed by atoms with E-state index in [1.54, 1.807) is 30.3 Å². The number of aromatic nitrogens is 4. The first-order valence-electron chi connectivity index (χ1n) is 18.3. The fourth-order valence-electron chi connectivity index (χ4n) is 5.78. The molecule has 3 unspecified atom stereocenters. The normalized spacial score (nSPS) is 21.5. The molecule has 63 heavy (non-hydrogen) atoms. The van der Waals surface area contributed by atoms with Crippen LogP contribution in [0.3, 0.4) is 0 Å². The van der Waals surface area contributed by atoms with E-state index in [1.165, 1.54) is 13.8 Å². The molecule has 4 rings (SSSR count). The molecule has 2 aromatic heterocycles. The zero-order chi connectivity index (χ0) is 46.9. The van der Waals surface area contributed by atoms with E-state index < -0.39 is 114 Å². The Kier molecular flexibility index (Phi) is 18.0. The number of carboxylic acid groups (broad SMARTS) is 1. The predicted octanol–water partition coefficient (Wildman–Crippen LogP) is -0.511. The number of phosphoric acid groups is 3. The summed E-state index contributed by atoms with van der Waals surface area (Å²) >= 11 is 0.720. The zero-order valence-electron chi connectivity index (χ0n) is 33.1. The van der Waals surface area contributed by atoms with Gasteiger partial charge in [-0.05, 0) is 5.56 Å². The average molecular weight is 974 g/mol. The van der Waals surface area contributed by atoms with E-state index >= 15 is 0 Å². The summed E-state index contributed by atoms with van der Waals surface area (Å²) in [6, 6.07) is 8.05. The zero-order valence-corrected chi connectivity index (χ0v) is 36.6. The molecular formula is C32H46N7O20P3S. The van der Waals surface area contributed by atoms with Gasteiger partial charge in [-0.15, -0.1) is 0 Å². The average Bonchev–Trinajstić information content (AvgIpc) is 3.76. The van der Waals surface area contributed by atoms with E-state index in [0.29, 0.717) is 5.56 Å². The van der Waals surface area contributed by atoms with E-state index in [-0.39, 0.29) is 42.2 Å². The third kappa shape index (κ3) is 15.1. The van der Waals surface area contributed by atoms with Crippen LogP contribution in [-0.2, 0) is 55.5 Å². The van der Waals surface area contributed by atoms with Crippen LogP contribution >= 0.6 is 35.2 Å². The fraction of sp³-hybridized carbons (Fsp3) is 0.531. The van der Waals surface area contributed by atoms with Gasteiger partial charge in [0, 0.05) is 30.7 Å². The number of aliphatic carboxylic acids is 1. The highest BCUT2D eigenvalue weighted by Gasteiger charge is 2.50. The Labute approximate surface area is 361 Å². The molecule has 1 aliphatic heterocycles. The van der Waals surface area contributed by atoms with Crippen molar-refractivity contribution in [2.45, 2.75) is 63.4 Å². The number of carbonyl (C=O) groups excluding carboxylic acids is 3. The Morgan fingerprint density at radius 1 is 0.984 bits per heavy atom. The number of imidazole rings is 1. The van der Waals surface area contributed by atoms with Crippen molar-refractivity contribution >= 4 is 75.1 Å². The molecule has 0 spiro atoms. The van der Waals surface area contributed by atoms with Gasteiger partial charge in [0.25, 0.3) is 0 Å². The van der Waals surface area contributed by atoms with Crippen molar-refractivity contribution in [3.8, 4) is 0 Å².